The Morgan fingerprint density at radius 2 is 1.77 bits per heavy atom. The van der Waals surface area contributed by atoms with E-state index in [1.165, 1.54) is 14.2 Å². The summed E-state index contributed by atoms with van der Waals surface area (Å²) >= 11 is 0. The summed E-state index contributed by atoms with van der Waals surface area (Å²) < 4.78 is 20.5. The molecule has 0 aromatic rings. The first-order valence-corrected chi connectivity index (χ1v) is 8.69. The quantitative estimate of drug-likeness (QED) is 0.193. The Morgan fingerprint density at radius 3 is 2.38 bits per heavy atom. The molecule has 154 valence electrons. The van der Waals surface area contributed by atoms with E-state index in [-0.39, 0.29) is 19.1 Å². The molecule has 1 aliphatic rings. The maximum Gasteiger partial charge on any atom is 0.220 e. The highest BCUT2D eigenvalue weighted by atomic mass is 16.7. The number of rotatable bonds is 12. The number of methoxy groups -OCH3 is 2. The fourth-order valence-electron chi connectivity index (χ4n) is 2.52. The lowest BCUT2D eigenvalue weighted by molar-refractivity contribution is -0.301. The number of aliphatic hydroxyl groups is 4. The number of aliphatic hydroxyl groups excluding tert-OH is 4. The van der Waals surface area contributed by atoms with Crippen LogP contribution in [0.3, 0.4) is 0 Å². The number of unbranched alkanes of at least 4 members (excludes halogenated alkanes) is 2. The van der Waals surface area contributed by atoms with Crippen molar-refractivity contribution >= 4 is 5.91 Å². The molecule has 1 rings (SSSR count). The number of hydrogen-bond donors (Lipinski definition) is 5. The Labute approximate surface area is 153 Å². The van der Waals surface area contributed by atoms with Gasteiger partial charge in [-0.3, -0.25) is 4.79 Å². The van der Waals surface area contributed by atoms with E-state index in [4.69, 9.17) is 24.1 Å². The molecule has 10 heteroatoms. The van der Waals surface area contributed by atoms with E-state index in [1.54, 1.807) is 0 Å². The maximum atomic E-state index is 11.7. The minimum atomic E-state index is -1.45. The molecule has 0 aromatic carbocycles. The summed E-state index contributed by atoms with van der Waals surface area (Å²) in [6.45, 7) is 0.0404. The van der Waals surface area contributed by atoms with Gasteiger partial charge in [-0.2, -0.15) is 0 Å². The molecule has 0 spiro atoms. The van der Waals surface area contributed by atoms with Crippen LogP contribution in [-0.4, -0.2) is 97.3 Å². The van der Waals surface area contributed by atoms with Crippen molar-refractivity contribution in [3.05, 3.63) is 0 Å². The predicted molar refractivity (Wildman–Crippen MR) is 89.0 cm³/mol. The van der Waals surface area contributed by atoms with Crippen LogP contribution in [-0.2, 0) is 23.7 Å². The standard InChI is InChI=1S/C16H31NO9/c1-23-12(24-2)8-17-11(19)6-4-3-5-7-25-16-15(22)14(21)13(20)10(9-18)26-16/h10,12-16,18,20-22H,3-9H2,1-2H3,(H,17,19)/t10-,13-,14+,15-,16-/m1/s1. The average molecular weight is 381 g/mol. The molecule has 0 saturated carbocycles. The van der Waals surface area contributed by atoms with Gasteiger partial charge in [-0.25, -0.2) is 0 Å². The van der Waals surface area contributed by atoms with E-state index in [9.17, 15) is 20.1 Å². The SMILES string of the molecule is COC(CNC(=O)CCCCCO[C@@H]1O[C@H](CO)[C@@H](O)[C@H](O)[C@H]1O)OC. The lowest BCUT2D eigenvalue weighted by Crippen LogP contribution is -2.59. The van der Waals surface area contributed by atoms with E-state index in [2.05, 4.69) is 5.32 Å². The minimum Gasteiger partial charge on any atom is -0.394 e. The fourth-order valence-corrected chi connectivity index (χ4v) is 2.52. The lowest BCUT2D eigenvalue weighted by Gasteiger charge is -2.39. The Kier molecular flexibility index (Phi) is 11.2. The van der Waals surface area contributed by atoms with Crippen LogP contribution in [0.2, 0.25) is 0 Å². The maximum absolute atomic E-state index is 11.7. The summed E-state index contributed by atoms with van der Waals surface area (Å²) in [4.78, 5) is 11.7. The van der Waals surface area contributed by atoms with Gasteiger partial charge in [0.25, 0.3) is 0 Å². The van der Waals surface area contributed by atoms with Crippen LogP contribution in [0.1, 0.15) is 25.7 Å². The molecule has 10 nitrogen and oxygen atoms in total. The molecule has 0 bridgehead atoms. The summed E-state index contributed by atoms with van der Waals surface area (Å²) in [5.41, 5.74) is 0. The van der Waals surface area contributed by atoms with E-state index < -0.39 is 43.6 Å². The van der Waals surface area contributed by atoms with Crippen LogP contribution < -0.4 is 5.32 Å². The average Bonchev–Trinajstić information content (AvgIpc) is 2.65. The smallest absolute Gasteiger partial charge is 0.220 e. The van der Waals surface area contributed by atoms with E-state index in [0.717, 1.165) is 6.42 Å². The molecule has 0 radical (unpaired) electrons. The summed E-state index contributed by atoms with van der Waals surface area (Å²) in [6, 6.07) is 0. The second-order valence-corrected chi connectivity index (χ2v) is 6.08. The number of nitrogens with one attached hydrogen (secondary N) is 1. The summed E-state index contributed by atoms with van der Waals surface area (Å²) in [5.74, 6) is -0.0982. The topological polar surface area (TPSA) is 147 Å². The van der Waals surface area contributed by atoms with Gasteiger partial charge in [0.2, 0.25) is 5.91 Å². The second-order valence-electron chi connectivity index (χ2n) is 6.08. The lowest BCUT2D eigenvalue weighted by atomic mass is 9.99. The van der Waals surface area contributed by atoms with Crippen LogP contribution >= 0.6 is 0 Å². The zero-order valence-corrected chi connectivity index (χ0v) is 15.2. The van der Waals surface area contributed by atoms with Gasteiger partial charge >= 0.3 is 0 Å². The summed E-state index contributed by atoms with van der Waals surface area (Å²) in [6.07, 6.45) is -4.43. The first-order chi connectivity index (χ1) is 12.4. The second kappa shape index (κ2) is 12.5. The highest BCUT2D eigenvalue weighted by Gasteiger charge is 2.43. The van der Waals surface area contributed by atoms with Crippen molar-refractivity contribution in [2.45, 2.75) is 62.7 Å². The van der Waals surface area contributed by atoms with Crippen molar-refractivity contribution in [2.24, 2.45) is 0 Å². The molecular formula is C16H31NO9. The molecule has 1 saturated heterocycles. The van der Waals surface area contributed by atoms with Crippen LogP contribution in [0.5, 0.6) is 0 Å². The van der Waals surface area contributed by atoms with Gasteiger partial charge in [0.15, 0.2) is 12.6 Å². The summed E-state index contributed by atoms with van der Waals surface area (Å²) in [7, 11) is 2.99. The largest absolute Gasteiger partial charge is 0.394 e. The Morgan fingerprint density at radius 1 is 1.08 bits per heavy atom. The number of hydrogen-bond acceptors (Lipinski definition) is 9. The van der Waals surface area contributed by atoms with Crippen molar-refractivity contribution in [2.75, 3.05) is 34.0 Å². The number of carbonyl (C=O) groups excluding carboxylic acids is 1. The highest BCUT2D eigenvalue weighted by Crippen LogP contribution is 2.22. The Hall–Kier alpha value is -0.850. The number of ether oxygens (including phenoxy) is 4. The fraction of sp³-hybridized carbons (Fsp3) is 0.938. The third-order valence-electron chi connectivity index (χ3n) is 4.17. The molecule has 5 N–H and O–H groups in total. The van der Waals surface area contributed by atoms with Gasteiger partial charge < -0.3 is 44.7 Å². The van der Waals surface area contributed by atoms with E-state index >= 15 is 0 Å². The molecule has 26 heavy (non-hydrogen) atoms. The third-order valence-corrected chi connectivity index (χ3v) is 4.17. The molecular weight excluding hydrogens is 350 g/mol. The van der Waals surface area contributed by atoms with Gasteiger partial charge in [-0.1, -0.05) is 6.42 Å². The molecule has 5 atom stereocenters. The zero-order chi connectivity index (χ0) is 19.5. The van der Waals surface area contributed by atoms with Crippen LogP contribution in [0, 0.1) is 0 Å². The zero-order valence-electron chi connectivity index (χ0n) is 15.2. The van der Waals surface area contributed by atoms with Crippen LogP contribution in [0.25, 0.3) is 0 Å². The minimum absolute atomic E-state index is 0.0982. The van der Waals surface area contributed by atoms with Gasteiger partial charge in [-0.15, -0.1) is 0 Å². The monoisotopic (exact) mass is 381 g/mol. The normalized spacial score (nSPS) is 29.1. The molecule has 0 aromatic heterocycles. The van der Waals surface area contributed by atoms with Crippen LogP contribution in [0.15, 0.2) is 0 Å². The number of amides is 1. The van der Waals surface area contributed by atoms with Crippen molar-refractivity contribution < 1.29 is 44.2 Å². The van der Waals surface area contributed by atoms with Crippen molar-refractivity contribution in [3.8, 4) is 0 Å². The van der Waals surface area contributed by atoms with E-state index in [0.29, 0.717) is 19.3 Å². The van der Waals surface area contributed by atoms with Gasteiger partial charge in [0.1, 0.15) is 24.4 Å². The molecule has 1 fully saturated rings. The predicted octanol–water partition coefficient (Wildman–Crippen LogP) is -1.90. The van der Waals surface area contributed by atoms with Gasteiger partial charge in [-0.05, 0) is 12.8 Å². The molecule has 0 aliphatic carbocycles. The summed E-state index contributed by atoms with van der Waals surface area (Å²) in [5, 5.41) is 41.0. The van der Waals surface area contributed by atoms with Crippen LogP contribution in [0.4, 0.5) is 0 Å². The number of carbonyl (C=O) groups is 1. The highest BCUT2D eigenvalue weighted by molar-refractivity contribution is 5.75. The first kappa shape index (κ1) is 23.2. The van der Waals surface area contributed by atoms with Gasteiger partial charge in [0.05, 0.1) is 13.2 Å². The molecule has 1 amide bonds. The Balaban J connectivity index is 2.14. The van der Waals surface area contributed by atoms with Gasteiger partial charge in [0, 0.05) is 27.2 Å². The first-order valence-electron chi connectivity index (χ1n) is 8.69. The van der Waals surface area contributed by atoms with Crippen molar-refractivity contribution in [1.29, 1.82) is 0 Å². The molecule has 1 heterocycles. The molecule has 0 unspecified atom stereocenters. The van der Waals surface area contributed by atoms with E-state index in [1.807, 2.05) is 0 Å². The Bertz CT molecular complexity index is 392. The molecule has 1 aliphatic heterocycles. The van der Waals surface area contributed by atoms with Crippen molar-refractivity contribution in [3.63, 3.8) is 0 Å². The third kappa shape index (κ3) is 7.41. The van der Waals surface area contributed by atoms with Crippen molar-refractivity contribution in [1.82, 2.24) is 5.32 Å².